The summed E-state index contributed by atoms with van der Waals surface area (Å²) in [5, 5.41) is 10.6. The van der Waals surface area contributed by atoms with Crippen molar-refractivity contribution in [3.63, 3.8) is 0 Å². The number of nitrogens with zero attached hydrogens (tertiary/aromatic N) is 2. The minimum atomic E-state index is -0.296. The number of nitrogens with one attached hydrogen (secondary N) is 2. The summed E-state index contributed by atoms with van der Waals surface area (Å²) in [7, 11) is 0. The van der Waals surface area contributed by atoms with E-state index in [4.69, 9.17) is 23.2 Å². The standard InChI is InChI=1S/C21H18Cl2N4O2/c1-14(28)25-17-8-5-15(6-9-17)7-10-20(29)26-19-11-12-24-27(19)13-16-3-2-4-18(22)21(16)23/h2-12H,13H2,1H3,(H,25,28)(H,26,29). The first-order valence-corrected chi connectivity index (χ1v) is 9.49. The van der Waals surface area contributed by atoms with Gasteiger partial charge in [0.2, 0.25) is 11.8 Å². The van der Waals surface area contributed by atoms with Crippen LogP contribution in [0.15, 0.2) is 60.8 Å². The van der Waals surface area contributed by atoms with Gasteiger partial charge in [0, 0.05) is 24.8 Å². The molecule has 1 heterocycles. The average molecular weight is 429 g/mol. The van der Waals surface area contributed by atoms with Crippen molar-refractivity contribution in [3.8, 4) is 0 Å². The number of hydrogen-bond acceptors (Lipinski definition) is 3. The highest BCUT2D eigenvalue weighted by Crippen LogP contribution is 2.26. The highest BCUT2D eigenvalue weighted by Gasteiger charge is 2.09. The summed E-state index contributed by atoms with van der Waals surface area (Å²) in [5.74, 6) is 0.106. The lowest BCUT2D eigenvalue weighted by Crippen LogP contribution is -2.14. The summed E-state index contributed by atoms with van der Waals surface area (Å²) in [6, 6.07) is 14.2. The molecular weight excluding hydrogens is 411 g/mol. The van der Waals surface area contributed by atoms with Gasteiger partial charge in [0.05, 0.1) is 22.8 Å². The van der Waals surface area contributed by atoms with E-state index in [2.05, 4.69) is 15.7 Å². The molecule has 0 aliphatic rings. The molecule has 6 nitrogen and oxygen atoms in total. The van der Waals surface area contributed by atoms with Crippen LogP contribution in [0, 0.1) is 0 Å². The molecule has 0 bridgehead atoms. The molecule has 29 heavy (non-hydrogen) atoms. The first-order chi connectivity index (χ1) is 13.9. The van der Waals surface area contributed by atoms with E-state index in [9.17, 15) is 9.59 Å². The van der Waals surface area contributed by atoms with E-state index in [-0.39, 0.29) is 11.8 Å². The SMILES string of the molecule is CC(=O)Nc1ccc(C=CC(=O)Nc2ccnn2Cc2cccc(Cl)c2Cl)cc1. The fourth-order valence-electron chi connectivity index (χ4n) is 2.62. The van der Waals surface area contributed by atoms with Gasteiger partial charge in [-0.25, -0.2) is 4.68 Å². The second-order valence-electron chi connectivity index (χ2n) is 6.21. The van der Waals surface area contributed by atoms with Crippen molar-refractivity contribution in [2.24, 2.45) is 0 Å². The van der Waals surface area contributed by atoms with Crippen LogP contribution in [0.3, 0.4) is 0 Å². The first-order valence-electron chi connectivity index (χ1n) is 8.74. The number of halogens is 2. The average Bonchev–Trinajstić information content (AvgIpc) is 3.11. The summed E-state index contributed by atoms with van der Waals surface area (Å²) in [4.78, 5) is 23.3. The van der Waals surface area contributed by atoms with Crippen LogP contribution >= 0.6 is 23.2 Å². The van der Waals surface area contributed by atoms with Crippen molar-refractivity contribution < 1.29 is 9.59 Å². The third-order valence-electron chi connectivity index (χ3n) is 3.98. The summed E-state index contributed by atoms with van der Waals surface area (Å²) >= 11 is 12.3. The molecule has 0 aliphatic heterocycles. The maximum absolute atomic E-state index is 12.3. The van der Waals surface area contributed by atoms with Crippen LogP contribution in [0.5, 0.6) is 0 Å². The third-order valence-corrected chi connectivity index (χ3v) is 4.84. The Kier molecular flexibility index (Phi) is 6.69. The Morgan fingerprint density at radius 1 is 1.07 bits per heavy atom. The number of aromatic nitrogens is 2. The third kappa shape index (κ3) is 5.70. The van der Waals surface area contributed by atoms with Crippen molar-refractivity contribution >= 4 is 52.6 Å². The van der Waals surface area contributed by atoms with Crippen LogP contribution < -0.4 is 10.6 Å². The van der Waals surface area contributed by atoms with Gasteiger partial charge in [-0.2, -0.15) is 5.10 Å². The molecule has 0 saturated carbocycles. The topological polar surface area (TPSA) is 76.0 Å². The Labute approximate surface area is 178 Å². The van der Waals surface area contributed by atoms with Crippen molar-refractivity contribution in [1.29, 1.82) is 0 Å². The van der Waals surface area contributed by atoms with E-state index in [1.165, 1.54) is 13.0 Å². The molecule has 0 radical (unpaired) electrons. The first kappa shape index (κ1) is 20.6. The van der Waals surface area contributed by atoms with Gasteiger partial charge in [-0.05, 0) is 35.4 Å². The second-order valence-corrected chi connectivity index (χ2v) is 7.00. The quantitative estimate of drug-likeness (QED) is 0.550. The van der Waals surface area contributed by atoms with E-state index >= 15 is 0 Å². The number of carbonyl (C=O) groups is 2. The highest BCUT2D eigenvalue weighted by atomic mass is 35.5. The molecule has 1 aromatic heterocycles. The number of rotatable bonds is 6. The van der Waals surface area contributed by atoms with Gasteiger partial charge in [-0.15, -0.1) is 0 Å². The lowest BCUT2D eigenvalue weighted by molar-refractivity contribution is -0.114. The molecule has 0 atom stereocenters. The molecule has 0 fully saturated rings. The lowest BCUT2D eigenvalue weighted by Gasteiger charge is -2.10. The summed E-state index contributed by atoms with van der Waals surface area (Å²) < 4.78 is 1.63. The second kappa shape index (κ2) is 9.41. The summed E-state index contributed by atoms with van der Waals surface area (Å²) in [6.45, 7) is 1.82. The minimum absolute atomic E-state index is 0.136. The van der Waals surface area contributed by atoms with Crippen molar-refractivity contribution in [3.05, 3.63) is 82.0 Å². The van der Waals surface area contributed by atoms with Gasteiger partial charge in [0.15, 0.2) is 0 Å². The minimum Gasteiger partial charge on any atom is -0.326 e. The lowest BCUT2D eigenvalue weighted by atomic mass is 10.2. The Morgan fingerprint density at radius 2 is 1.83 bits per heavy atom. The summed E-state index contributed by atoms with van der Waals surface area (Å²) in [5.41, 5.74) is 2.32. The Bertz CT molecular complexity index is 1060. The fourth-order valence-corrected chi connectivity index (χ4v) is 3.00. The molecule has 0 spiro atoms. The predicted molar refractivity (Wildman–Crippen MR) is 116 cm³/mol. The number of amides is 2. The molecule has 2 amide bonds. The fraction of sp³-hybridized carbons (Fsp3) is 0.0952. The van der Waals surface area contributed by atoms with Crippen molar-refractivity contribution in [2.75, 3.05) is 10.6 Å². The Balaban J connectivity index is 1.64. The summed E-state index contributed by atoms with van der Waals surface area (Å²) in [6.07, 6.45) is 4.71. The molecule has 0 unspecified atom stereocenters. The van der Waals surface area contributed by atoms with Crippen molar-refractivity contribution in [1.82, 2.24) is 9.78 Å². The number of hydrogen-bond donors (Lipinski definition) is 2. The maximum atomic E-state index is 12.3. The van der Waals surface area contributed by atoms with Crippen LogP contribution in [0.4, 0.5) is 11.5 Å². The van der Waals surface area contributed by atoms with E-state index in [1.54, 1.807) is 53.4 Å². The maximum Gasteiger partial charge on any atom is 0.249 e. The monoisotopic (exact) mass is 428 g/mol. The van der Waals surface area contributed by atoms with Crippen LogP contribution in [0.25, 0.3) is 6.08 Å². The zero-order valence-corrected chi connectivity index (χ0v) is 17.0. The van der Waals surface area contributed by atoms with E-state index in [0.717, 1.165) is 11.1 Å². The number of carbonyl (C=O) groups excluding carboxylic acids is 2. The van der Waals surface area contributed by atoms with E-state index in [1.807, 2.05) is 12.1 Å². The van der Waals surface area contributed by atoms with Gasteiger partial charge in [-0.3, -0.25) is 9.59 Å². The smallest absolute Gasteiger partial charge is 0.249 e. The molecule has 3 rings (SSSR count). The Morgan fingerprint density at radius 3 is 2.55 bits per heavy atom. The van der Waals surface area contributed by atoms with Gasteiger partial charge in [-0.1, -0.05) is 47.5 Å². The largest absolute Gasteiger partial charge is 0.326 e. The Hall–Kier alpha value is -3.09. The molecule has 8 heteroatoms. The molecular formula is C21H18Cl2N4O2. The van der Waals surface area contributed by atoms with Crippen LogP contribution in [0.2, 0.25) is 10.0 Å². The molecule has 0 saturated heterocycles. The van der Waals surface area contributed by atoms with Crippen molar-refractivity contribution in [2.45, 2.75) is 13.5 Å². The highest BCUT2D eigenvalue weighted by molar-refractivity contribution is 6.42. The van der Waals surface area contributed by atoms with E-state index in [0.29, 0.717) is 28.1 Å². The normalized spacial score (nSPS) is 10.9. The zero-order valence-electron chi connectivity index (χ0n) is 15.5. The van der Waals surface area contributed by atoms with Crippen LogP contribution in [-0.4, -0.2) is 21.6 Å². The van der Waals surface area contributed by atoms with E-state index < -0.39 is 0 Å². The number of anilines is 2. The van der Waals surface area contributed by atoms with Crippen LogP contribution in [-0.2, 0) is 16.1 Å². The molecule has 2 N–H and O–H groups in total. The predicted octanol–water partition coefficient (Wildman–Crippen LogP) is 4.85. The zero-order chi connectivity index (χ0) is 20.8. The van der Waals surface area contributed by atoms with Gasteiger partial charge < -0.3 is 10.6 Å². The number of benzene rings is 2. The van der Waals surface area contributed by atoms with Gasteiger partial charge >= 0.3 is 0 Å². The molecule has 3 aromatic rings. The molecule has 148 valence electrons. The van der Waals surface area contributed by atoms with Crippen LogP contribution in [0.1, 0.15) is 18.1 Å². The molecule has 0 aliphatic carbocycles. The van der Waals surface area contributed by atoms with Gasteiger partial charge in [0.1, 0.15) is 5.82 Å². The van der Waals surface area contributed by atoms with Gasteiger partial charge in [0.25, 0.3) is 0 Å². The molecule has 2 aromatic carbocycles.